The molecule has 0 spiro atoms. The summed E-state index contributed by atoms with van der Waals surface area (Å²) in [5.74, 6) is 1.03. The lowest BCUT2D eigenvalue weighted by atomic mass is 10.1. The average Bonchev–Trinajstić information content (AvgIpc) is 2.40. The van der Waals surface area contributed by atoms with Gasteiger partial charge in [0.1, 0.15) is 17.2 Å². The fraction of sp³-hybridized carbons (Fsp3) is 0.0667. The number of ether oxygens (including phenoxy) is 1. The molecule has 0 amide bonds. The highest BCUT2D eigenvalue weighted by Crippen LogP contribution is 2.24. The van der Waals surface area contributed by atoms with E-state index in [0.29, 0.717) is 5.56 Å². The topological polar surface area (TPSA) is 49.7 Å². The van der Waals surface area contributed by atoms with Gasteiger partial charge in [0.15, 0.2) is 0 Å². The summed E-state index contributed by atoms with van der Waals surface area (Å²) in [6.45, 7) is 0. The van der Waals surface area contributed by atoms with Crippen LogP contribution in [-0.4, -0.2) is 17.3 Å². The zero-order valence-corrected chi connectivity index (χ0v) is 10.00. The number of methoxy groups -OCH3 is 1. The summed E-state index contributed by atoms with van der Waals surface area (Å²) in [7, 11) is 1.61. The van der Waals surface area contributed by atoms with Crippen LogP contribution in [0.15, 0.2) is 42.5 Å². The van der Waals surface area contributed by atoms with Crippen molar-refractivity contribution in [2.75, 3.05) is 7.11 Å². The van der Waals surface area contributed by atoms with Gasteiger partial charge >= 0.3 is 0 Å². The number of phenols is 2. The largest absolute Gasteiger partial charge is 0.508 e. The lowest BCUT2D eigenvalue weighted by Crippen LogP contribution is -1.82. The Kier molecular flexibility index (Phi) is 3.53. The standard InChI is InChI=1S/C15H14O3/c1-18-14-4-2-3-11(9-14)5-6-12-10-13(16)7-8-15(12)17/h2-10,16-17H,1H3/b6-5+. The van der Waals surface area contributed by atoms with E-state index in [-0.39, 0.29) is 11.5 Å². The van der Waals surface area contributed by atoms with Gasteiger partial charge in [-0.05, 0) is 35.9 Å². The Morgan fingerprint density at radius 1 is 1.00 bits per heavy atom. The van der Waals surface area contributed by atoms with Gasteiger partial charge in [0, 0.05) is 5.56 Å². The van der Waals surface area contributed by atoms with E-state index in [1.807, 2.05) is 30.3 Å². The summed E-state index contributed by atoms with van der Waals surface area (Å²) < 4.78 is 5.13. The molecule has 2 aromatic carbocycles. The van der Waals surface area contributed by atoms with Crippen molar-refractivity contribution in [2.45, 2.75) is 0 Å². The van der Waals surface area contributed by atoms with Crippen LogP contribution in [0.4, 0.5) is 0 Å². The second-order valence-electron chi connectivity index (χ2n) is 3.85. The van der Waals surface area contributed by atoms with Gasteiger partial charge < -0.3 is 14.9 Å². The maximum Gasteiger partial charge on any atom is 0.123 e. The molecule has 0 aliphatic rings. The van der Waals surface area contributed by atoms with Crippen LogP contribution in [-0.2, 0) is 0 Å². The van der Waals surface area contributed by atoms with Gasteiger partial charge in [0.25, 0.3) is 0 Å². The van der Waals surface area contributed by atoms with E-state index in [1.54, 1.807) is 13.2 Å². The van der Waals surface area contributed by atoms with Crippen molar-refractivity contribution in [2.24, 2.45) is 0 Å². The Labute approximate surface area is 106 Å². The predicted octanol–water partition coefficient (Wildman–Crippen LogP) is 3.28. The third-order valence-electron chi connectivity index (χ3n) is 2.56. The monoisotopic (exact) mass is 242 g/mol. The summed E-state index contributed by atoms with van der Waals surface area (Å²) in [6.07, 6.45) is 3.58. The molecule has 0 saturated heterocycles. The fourth-order valence-electron chi connectivity index (χ4n) is 1.61. The summed E-state index contributed by atoms with van der Waals surface area (Å²) in [5, 5.41) is 19.0. The first-order valence-corrected chi connectivity index (χ1v) is 5.53. The van der Waals surface area contributed by atoms with Crippen LogP contribution in [0, 0.1) is 0 Å². The fourth-order valence-corrected chi connectivity index (χ4v) is 1.61. The first kappa shape index (κ1) is 12.0. The van der Waals surface area contributed by atoms with Crippen molar-refractivity contribution >= 4 is 12.2 Å². The van der Waals surface area contributed by atoms with E-state index in [4.69, 9.17) is 4.74 Å². The molecule has 0 aliphatic carbocycles. The molecule has 3 nitrogen and oxygen atoms in total. The molecule has 0 bridgehead atoms. The second-order valence-corrected chi connectivity index (χ2v) is 3.85. The van der Waals surface area contributed by atoms with Crippen LogP contribution in [0.2, 0.25) is 0 Å². The van der Waals surface area contributed by atoms with Crippen LogP contribution in [0.3, 0.4) is 0 Å². The Morgan fingerprint density at radius 2 is 1.83 bits per heavy atom. The van der Waals surface area contributed by atoms with Crippen molar-refractivity contribution in [1.29, 1.82) is 0 Å². The Balaban J connectivity index is 2.26. The molecular weight excluding hydrogens is 228 g/mol. The zero-order valence-electron chi connectivity index (χ0n) is 10.00. The summed E-state index contributed by atoms with van der Waals surface area (Å²) in [6, 6.07) is 12.0. The first-order valence-electron chi connectivity index (χ1n) is 5.53. The first-order chi connectivity index (χ1) is 8.69. The smallest absolute Gasteiger partial charge is 0.123 e. The molecule has 0 saturated carbocycles. The molecule has 0 aliphatic heterocycles. The number of benzene rings is 2. The van der Waals surface area contributed by atoms with E-state index >= 15 is 0 Å². The quantitative estimate of drug-likeness (QED) is 0.641. The maximum absolute atomic E-state index is 9.63. The molecule has 92 valence electrons. The second kappa shape index (κ2) is 5.27. The highest BCUT2D eigenvalue weighted by molar-refractivity contribution is 5.73. The van der Waals surface area contributed by atoms with Crippen LogP contribution in [0.25, 0.3) is 12.2 Å². The summed E-state index contributed by atoms with van der Waals surface area (Å²) >= 11 is 0. The summed E-state index contributed by atoms with van der Waals surface area (Å²) in [5.41, 5.74) is 1.52. The van der Waals surface area contributed by atoms with Gasteiger partial charge in [0.2, 0.25) is 0 Å². The molecule has 0 aromatic heterocycles. The van der Waals surface area contributed by atoms with Gasteiger partial charge in [-0.25, -0.2) is 0 Å². The van der Waals surface area contributed by atoms with E-state index in [0.717, 1.165) is 11.3 Å². The minimum absolute atomic E-state index is 0.123. The van der Waals surface area contributed by atoms with Gasteiger partial charge in [-0.3, -0.25) is 0 Å². The maximum atomic E-state index is 9.63. The molecule has 0 fully saturated rings. The molecule has 3 heteroatoms. The molecule has 0 atom stereocenters. The highest BCUT2D eigenvalue weighted by Gasteiger charge is 1.98. The van der Waals surface area contributed by atoms with Crippen molar-refractivity contribution < 1.29 is 14.9 Å². The zero-order chi connectivity index (χ0) is 13.0. The molecule has 2 rings (SSSR count). The van der Waals surface area contributed by atoms with Crippen LogP contribution >= 0.6 is 0 Å². The molecule has 0 heterocycles. The van der Waals surface area contributed by atoms with Crippen molar-refractivity contribution in [3.63, 3.8) is 0 Å². The number of hydrogen-bond acceptors (Lipinski definition) is 3. The lowest BCUT2D eigenvalue weighted by molar-refractivity contribution is 0.414. The van der Waals surface area contributed by atoms with Crippen LogP contribution < -0.4 is 4.74 Å². The van der Waals surface area contributed by atoms with Crippen molar-refractivity contribution in [3.8, 4) is 17.2 Å². The normalized spacial score (nSPS) is 10.7. The number of aromatic hydroxyl groups is 2. The highest BCUT2D eigenvalue weighted by atomic mass is 16.5. The number of phenolic OH excluding ortho intramolecular Hbond substituents is 2. The van der Waals surface area contributed by atoms with E-state index < -0.39 is 0 Å². The summed E-state index contributed by atoms with van der Waals surface area (Å²) in [4.78, 5) is 0. The molecule has 0 radical (unpaired) electrons. The number of hydrogen-bond donors (Lipinski definition) is 2. The van der Waals surface area contributed by atoms with Crippen LogP contribution in [0.1, 0.15) is 11.1 Å². The van der Waals surface area contributed by atoms with E-state index in [1.165, 1.54) is 18.2 Å². The van der Waals surface area contributed by atoms with Crippen molar-refractivity contribution in [1.82, 2.24) is 0 Å². The lowest BCUT2D eigenvalue weighted by Gasteiger charge is -2.01. The SMILES string of the molecule is COc1cccc(/C=C/c2cc(O)ccc2O)c1. The molecule has 2 N–H and O–H groups in total. The Morgan fingerprint density at radius 3 is 2.61 bits per heavy atom. The molecule has 0 unspecified atom stereocenters. The van der Waals surface area contributed by atoms with Gasteiger partial charge in [0.05, 0.1) is 7.11 Å². The Bertz CT molecular complexity index is 574. The average molecular weight is 242 g/mol. The molecule has 2 aromatic rings. The minimum atomic E-state index is 0.123. The van der Waals surface area contributed by atoms with E-state index in [9.17, 15) is 10.2 Å². The Hall–Kier alpha value is -2.42. The van der Waals surface area contributed by atoms with Crippen LogP contribution in [0.5, 0.6) is 17.2 Å². The molecular formula is C15H14O3. The van der Waals surface area contributed by atoms with Gasteiger partial charge in [-0.15, -0.1) is 0 Å². The van der Waals surface area contributed by atoms with Gasteiger partial charge in [-0.2, -0.15) is 0 Å². The third kappa shape index (κ3) is 2.83. The van der Waals surface area contributed by atoms with E-state index in [2.05, 4.69) is 0 Å². The number of rotatable bonds is 3. The predicted molar refractivity (Wildman–Crippen MR) is 71.7 cm³/mol. The third-order valence-corrected chi connectivity index (χ3v) is 2.56. The van der Waals surface area contributed by atoms with Gasteiger partial charge in [-0.1, -0.05) is 24.3 Å². The van der Waals surface area contributed by atoms with Crippen molar-refractivity contribution in [3.05, 3.63) is 53.6 Å². The minimum Gasteiger partial charge on any atom is -0.508 e. The molecule has 18 heavy (non-hydrogen) atoms.